The third-order valence-corrected chi connectivity index (χ3v) is 5.65. The first-order valence-electron chi connectivity index (χ1n) is 6.88. The van der Waals surface area contributed by atoms with Crippen LogP contribution in [0, 0.1) is 0 Å². The van der Waals surface area contributed by atoms with Gasteiger partial charge in [0.05, 0.1) is 6.10 Å². The zero-order valence-electron chi connectivity index (χ0n) is 11.2. The summed E-state index contributed by atoms with van der Waals surface area (Å²) in [6.45, 7) is 8.54. The van der Waals surface area contributed by atoms with Crippen molar-refractivity contribution in [1.82, 2.24) is 4.90 Å². The second-order valence-electron chi connectivity index (χ2n) is 5.41. The summed E-state index contributed by atoms with van der Waals surface area (Å²) in [7, 11) is 0. The number of hydrogen-bond acceptors (Lipinski definition) is 4. The molecule has 0 aromatic carbocycles. The van der Waals surface area contributed by atoms with Gasteiger partial charge in [0.1, 0.15) is 0 Å². The molecule has 2 rings (SSSR count). The Morgan fingerprint density at radius 1 is 1.53 bits per heavy atom. The Hall–Kier alpha value is 0.230. The van der Waals surface area contributed by atoms with E-state index in [4.69, 9.17) is 10.5 Å². The number of hydrogen-bond donors (Lipinski definition) is 1. The Labute approximate surface area is 109 Å². The lowest BCUT2D eigenvalue weighted by Gasteiger charge is -2.50. The van der Waals surface area contributed by atoms with Crippen molar-refractivity contribution in [2.75, 3.05) is 32.0 Å². The highest BCUT2D eigenvalue weighted by atomic mass is 32.2. The zero-order chi connectivity index (χ0) is 12.3. The van der Waals surface area contributed by atoms with Gasteiger partial charge in [-0.15, -0.1) is 0 Å². The molecule has 0 aliphatic carbocycles. The first-order valence-corrected chi connectivity index (χ1v) is 7.93. The molecular formula is C13H26N2OS. The van der Waals surface area contributed by atoms with Gasteiger partial charge in [-0.25, -0.2) is 0 Å². The van der Waals surface area contributed by atoms with Crippen molar-refractivity contribution >= 4 is 11.8 Å². The fraction of sp³-hybridized carbons (Fsp3) is 1.00. The van der Waals surface area contributed by atoms with Gasteiger partial charge < -0.3 is 10.5 Å². The Bertz CT molecular complexity index is 252. The smallest absolute Gasteiger partial charge is 0.0565 e. The molecule has 2 aliphatic heterocycles. The molecule has 0 amide bonds. The molecule has 17 heavy (non-hydrogen) atoms. The highest BCUT2D eigenvalue weighted by Crippen LogP contribution is 2.34. The molecule has 0 bridgehead atoms. The van der Waals surface area contributed by atoms with Crippen molar-refractivity contribution in [3.63, 3.8) is 0 Å². The van der Waals surface area contributed by atoms with Crippen LogP contribution in [0.25, 0.3) is 0 Å². The summed E-state index contributed by atoms with van der Waals surface area (Å²) in [5.41, 5.74) is 6.33. The van der Waals surface area contributed by atoms with Gasteiger partial charge in [-0.2, -0.15) is 11.8 Å². The second kappa shape index (κ2) is 5.91. The monoisotopic (exact) mass is 258 g/mol. The minimum absolute atomic E-state index is 0.214. The molecule has 0 saturated carbocycles. The first kappa shape index (κ1) is 13.7. The van der Waals surface area contributed by atoms with Gasteiger partial charge in [-0.3, -0.25) is 4.90 Å². The molecule has 4 heteroatoms. The summed E-state index contributed by atoms with van der Waals surface area (Å²) in [4.78, 5) is 2.66. The number of thioether (sulfide) groups is 1. The lowest BCUT2D eigenvalue weighted by Crippen LogP contribution is -2.61. The van der Waals surface area contributed by atoms with E-state index in [9.17, 15) is 0 Å². The lowest BCUT2D eigenvalue weighted by molar-refractivity contribution is -0.0628. The van der Waals surface area contributed by atoms with E-state index in [0.717, 1.165) is 31.2 Å². The molecule has 0 radical (unpaired) electrons. The second-order valence-corrected chi connectivity index (χ2v) is 6.82. The van der Waals surface area contributed by atoms with Crippen LogP contribution in [0.4, 0.5) is 0 Å². The Morgan fingerprint density at radius 3 is 3.00 bits per heavy atom. The summed E-state index contributed by atoms with van der Waals surface area (Å²) in [5, 5.41) is 0.797. The predicted molar refractivity (Wildman–Crippen MR) is 74.5 cm³/mol. The summed E-state index contributed by atoms with van der Waals surface area (Å²) in [6, 6.07) is 0. The van der Waals surface area contributed by atoms with Gasteiger partial charge in [-0.05, 0) is 26.2 Å². The van der Waals surface area contributed by atoms with Crippen molar-refractivity contribution < 1.29 is 4.74 Å². The molecule has 3 unspecified atom stereocenters. The minimum atomic E-state index is 0.214. The predicted octanol–water partition coefficient (Wildman–Crippen LogP) is 1.71. The largest absolute Gasteiger partial charge is 0.378 e. The summed E-state index contributed by atoms with van der Waals surface area (Å²) in [5.74, 6) is 1.26. The Balaban J connectivity index is 2.05. The van der Waals surface area contributed by atoms with E-state index in [2.05, 4.69) is 30.5 Å². The average molecular weight is 258 g/mol. The van der Waals surface area contributed by atoms with Crippen molar-refractivity contribution in [3.05, 3.63) is 0 Å². The normalized spacial score (nSPS) is 40.4. The van der Waals surface area contributed by atoms with Gasteiger partial charge in [0.25, 0.3) is 0 Å². The summed E-state index contributed by atoms with van der Waals surface area (Å²) >= 11 is 2.13. The topological polar surface area (TPSA) is 38.5 Å². The number of ether oxygens (including phenoxy) is 1. The molecule has 0 aromatic rings. The molecule has 2 heterocycles. The first-order chi connectivity index (χ1) is 8.20. The number of nitrogens with two attached hydrogens (primary N) is 1. The molecule has 0 spiro atoms. The quantitative estimate of drug-likeness (QED) is 0.836. The van der Waals surface area contributed by atoms with E-state index < -0.39 is 0 Å². The molecule has 2 N–H and O–H groups in total. The van der Waals surface area contributed by atoms with Crippen LogP contribution in [-0.2, 0) is 4.74 Å². The summed E-state index contributed by atoms with van der Waals surface area (Å²) in [6.07, 6.45) is 3.84. The fourth-order valence-corrected chi connectivity index (χ4v) is 4.33. The third kappa shape index (κ3) is 2.98. The van der Waals surface area contributed by atoms with Crippen LogP contribution >= 0.6 is 11.8 Å². The molecule has 3 nitrogen and oxygen atoms in total. The van der Waals surface area contributed by atoms with Gasteiger partial charge in [0.2, 0.25) is 0 Å². The van der Waals surface area contributed by atoms with Crippen LogP contribution in [0.2, 0.25) is 0 Å². The fourth-order valence-electron chi connectivity index (χ4n) is 3.15. The minimum Gasteiger partial charge on any atom is -0.378 e. The van der Waals surface area contributed by atoms with Gasteiger partial charge in [0.15, 0.2) is 0 Å². The third-order valence-electron chi connectivity index (χ3n) is 4.28. The molecule has 2 aliphatic rings. The molecule has 3 atom stereocenters. The van der Waals surface area contributed by atoms with Crippen molar-refractivity contribution in [2.24, 2.45) is 5.73 Å². The van der Waals surface area contributed by atoms with Crippen LogP contribution in [0.1, 0.15) is 33.1 Å². The Morgan fingerprint density at radius 2 is 2.35 bits per heavy atom. The van der Waals surface area contributed by atoms with Crippen LogP contribution in [-0.4, -0.2) is 53.8 Å². The molecule has 2 saturated heterocycles. The molecule has 0 aromatic heterocycles. The van der Waals surface area contributed by atoms with E-state index in [1.165, 1.54) is 25.3 Å². The van der Waals surface area contributed by atoms with Gasteiger partial charge >= 0.3 is 0 Å². The van der Waals surface area contributed by atoms with Crippen LogP contribution in [0.5, 0.6) is 0 Å². The highest BCUT2D eigenvalue weighted by molar-refractivity contribution is 8.00. The number of nitrogens with zero attached hydrogens (tertiary/aromatic N) is 1. The van der Waals surface area contributed by atoms with Crippen LogP contribution in [0.3, 0.4) is 0 Å². The van der Waals surface area contributed by atoms with Crippen LogP contribution < -0.4 is 5.73 Å². The molecular weight excluding hydrogens is 232 g/mol. The van der Waals surface area contributed by atoms with E-state index in [0.29, 0.717) is 6.10 Å². The van der Waals surface area contributed by atoms with E-state index in [-0.39, 0.29) is 5.54 Å². The molecule has 2 fully saturated rings. The van der Waals surface area contributed by atoms with Crippen molar-refractivity contribution in [3.8, 4) is 0 Å². The van der Waals surface area contributed by atoms with Crippen LogP contribution in [0.15, 0.2) is 0 Å². The van der Waals surface area contributed by atoms with Crippen molar-refractivity contribution in [2.45, 2.75) is 50.0 Å². The highest BCUT2D eigenvalue weighted by Gasteiger charge is 2.41. The number of rotatable bonds is 3. The van der Waals surface area contributed by atoms with Gasteiger partial charge in [-0.1, -0.05) is 6.92 Å². The summed E-state index contributed by atoms with van der Waals surface area (Å²) < 4.78 is 5.69. The average Bonchev–Trinajstić information content (AvgIpc) is 2.38. The molecule has 100 valence electrons. The maximum atomic E-state index is 6.11. The SMILES string of the molecule is CCC1CN(C2(CN)CCOC(C)C2)CCS1. The van der Waals surface area contributed by atoms with E-state index >= 15 is 0 Å². The zero-order valence-corrected chi connectivity index (χ0v) is 12.0. The maximum absolute atomic E-state index is 6.11. The standard InChI is InChI=1S/C13H26N2OS/c1-3-12-9-15(5-7-17-12)13(10-14)4-6-16-11(2)8-13/h11-12H,3-10,14H2,1-2H3. The lowest BCUT2D eigenvalue weighted by atomic mass is 9.84. The van der Waals surface area contributed by atoms with Crippen molar-refractivity contribution in [1.29, 1.82) is 0 Å². The Kier molecular flexibility index (Phi) is 4.75. The van der Waals surface area contributed by atoms with E-state index in [1.807, 2.05) is 0 Å². The maximum Gasteiger partial charge on any atom is 0.0565 e. The van der Waals surface area contributed by atoms with Gasteiger partial charge in [0, 0.05) is 42.8 Å². The van der Waals surface area contributed by atoms with E-state index in [1.54, 1.807) is 0 Å².